The van der Waals surface area contributed by atoms with E-state index in [1.165, 1.54) is 10.6 Å². The van der Waals surface area contributed by atoms with Crippen LogP contribution in [0.1, 0.15) is 26.3 Å². The zero-order chi connectivity index (χ0) is 17.3. The van der Waals surface area contributed by atoms with Crippen LogP contribution in [0, 0.1) is 17.1 Å². The Balaban J connectivity index is 2.23. The van der Waals surface area contributed by atoms with Crippen molar-refractivity contribution in [3.8, 4) is 23.3 Å². The Morgan fingerprint density at radius 2 is 2.00 bits per heavy atom. The van der Waals surface area contributed by atoms with Crippen molar-refractivity contribution in [3.05, 3.63) is 41.7 Å². The van der Waals surface area contributed by atoms with Crippen molar-refractivity contribution in [2.45, 2.75) is 26.2 Å². The number of ether oxygens (including phenoxy) is 1. The topological polar surface area (TPSA) is 76.1 Å². The van der Waals surface area contributed by atoms with Crippen LogP contribution >= 0.6 is 0 Å². The number of benzene rings is 1. The van der Waals surface area contributed by atoms with Crippen LogP contribution in [0.3, 0.4) is 0 Å². The first-order valence-electron chi connectivity index (χ1n) is 7.43. The highest BCUT2D eigenvalue weighted by atomic mass is 19.1. The van der Waals surface area contributed by atoms with E-state index in [1.807, 2.05) is 26.8 Å². The summed E-state index contributed by atoms with van der Waals surface area (Å²) >= 11 is 0. The Kier molecular flexibility index (Phi) is 3.89. The molecule has 0 unspecified atom stereocenters. The molecule has 0 saturated heterocycles. The van der Waals surface area contributed by atoms with Gasteiger partial charge in [0.2, 0.25) is 5.88 Å². The van der Waals surface area contributed by atoms with Crippen molar-refractivity contribution >= 4 is 5.65 Å². The first kappa shape index (κ1) is 15.9. The van der Waals surface area contributed by atoms with E-state index in [1.54, 1.807) is 24.3 Å². The molecule has 0 fully saturated rings. The fourth-order valence-corrected chi connectivity index (χ4v) is 2.37. The van der Waals surface area contributed by atoms with Crippen molar-refractivity contribution < 1.29 is 9.13 Å². The lowest BCUT2D eigenvalue weighted by atomic mass is 9.88. The molecule has 0 amide bonds. The number of nitriles is 1. The highest BCUT2D eigenvalue weighted by molar-refractivity contribution is 5.60. The lowest BCUT2D eigenvalue weighted by Crippen LogP contribution is -2.16. The number of nitrogens with zero attached hydrogens (tertiary/aromatic N) is 5. The zero-order valence-electron chi connectivity index (χ0n) is 13.6. The molecule has 0 atom stereocenters. The maximum Gasteiger partial charge on any atom is 0.236 e. The van der Waals surface area contributed by atoms with Crippen molar-refractivity contribution in [2.75, 3.05) is 6.61 Å². The van der Waals surface area contributed by atoms with Crippen LogP contribution in [-0.4, -0.2) is 26.4 Å². The second-order valence-corrected chi connectivity index (χ2v) is 6.33. The summed E-state index contributed by atoms with van der Waals surface area (Å²) in [4.78, 5) is 0. The molecule has 1 aromatic carbocycles. The number of fused-ring (bicyclic) bond motifs is 1. The summed E-state index contributed by atoms with van der Waals surface area (Å²) in [6.45, 7) is 5.90. The van der Waals surface area contributed by atoms with Crippen LogP contribution in [0.5, 0.6) is 5.88 Å². The Morgan fingerprint density at radius 3 is 2.67 bits per heavy atom. The summed E-state index contributed by atoms with van der Waals surface area (Å²) in [5.74, 6) is 0.187. The molecular weight excluding hydrogens is 309 g/mol. The third-order valence-corrected chi connectivity index (χ3v) is 3.56. The second kappa shape index (κ2) is 5.89. The second-order valence-electron chi connectivity index (χ2n) is 6.33. The van der Waals surface area contributed by atoms with Gasteiger partial charge in [-0.2, -0.15) is 9.78 Å². The molecular formula is C17H16FN5O. The van der Waals surface area contributed by atoms with E-state index < -0.39 is 5.82 Å². The highest BCUT2D eigenvalue weighted by Gasteiger charge is 2.24. The van der Waals surface area contributed by atoms with Gasteiger partial charge in [0, 0.05) is 5.56 Å². The van der Waals surface area contributed by atoms with Gasteiger partial charge >= 0.3 is 0 Å². The van der Waals surface area contributed by atoms with Crippen LogP contribution in [-0.2, 0) is 5.41 Å². The Morgan fingerprint density at radius 1 is 1.25 bits per heavy atom. The summed E-state index contributed by atoms with van der Waals surface area (Å²) < 4.78 is 21.0. The van der Waals surface area contributed by atoms with Crippen LogP contribution < -0.4 is 4.74 Å². The number of hydrogen-bond donors (Lipinski definition) is 0. The maximum atomic E-state index is 14.1. The van der Waals surface area contributed by atoms with Crippen molar-refractivity contribution in [2.24, 2.45) is 0 Å². The van der Waals surface area contributed by atoms with Crippen LogP contribution in [0.15, 0.2) is 30.3 Å². The van der Waals surface area contributed by atoms with E-state index in [0.29, 0.717) is 17.1 Å². The molecule has 2 heterocycles. The standard InChI is InChI=1S/C17H16FN5O/c1-17(2,3)12-10-14-20-21-15(11-6-4-5-7-13(11)18)23(14)22-16(12)24-9-8-19/h4-7,10H,9H2,1-3H3. The molecule has 2 aromatic heterocycles. The minimum Gasteiger partial charge on any atom is -0.461 e. The van der Waals surface area contributed by atoms with E-state index in [0.717, 1.165) is 5.56 Å². The van der Waals surface area contributed by atoms with Crippen LogP contribution in [0.4, 0.5) is 4.39 Å². The summed E-state index contributed by atoms with van der Waals surface area (Å²) in [5, 5.41) is 21.3. The van der Waals surface area contributed by atoms with Gasteiger partial charge in [0.1, 0.15) is 11.9 Å². The van der Waals surface area contributed by atoms with Gasteiger partial charge in [-0.25, -0.2) is 4.39 Å². The largest absolute Gasteiger partial charge is 0.461 e. The van der Waals surface area contributed by atoms with E-state index >= 15 is 0 Å². The average molecular weight is 325 g/mol. The van der Waals surface area contributed by atoms with Gasteiger partial charge in [0.25, 0.3) is 0 Å². The van der Waals surface area contributed by atoms with Gasteiger partial charge in [-0.15, -0.1) is 15.3 Å². The summed E-state index contributed by atoms with van der Waals surface area (Å²) in [5.41, 5.74) is 1.33. The molecule has 122 valence electrons. The van der Waals surface area contributed by atoms with E-state index in [2.05, 4.69) is 15.3 Å². The monoisotopic (exact) mass is 325 g/mol. The summed E-state index contributed by atoms with van der Waals surface area (Å²) in [6.07, 6.45) is 0. The summed E-state index contributed by atoms with van der Waals surface area (Å²) in [7, 11) is 0. The SMILES string of the molecule is CC(C)(C)c1cc2nnc(-c3ccccc3F)n2nc1OCC#N. The molecule has 0 saturated carbocycles. The number of aromatic nitrogens is 4. The molecule has 0 aliphatic rings. The van der Waals surface area contributed by atoms with Gasteiger partial charge in [-0.1, -0.05) is 32.9 Å². The van der Waals surface area contributed by atoms with Crippen LogP contribution in [0.25, 0.3) is 17.0 Å². The molecule has 3 rings (SSSR count). The normalized spacial score (nSPS) is 11.5. The minimum atomic E-state index is -0.409. The Bertz CT molecular complexity index is 936. The van der Waals surface area contributed by atoms with Gasteiger partial charge < -0.3 is 4.74 Å². The minimum absolute atomic E-state index is 0.126. The van der Waals surface area contributed by atoms with Crippen LogP contribution in [0.2, 0.25) is 0 Å². The zero-order valence-corrected chi connectivity index (χ0v) is 13.6. The smallest absolute Gasteiger partial charge is 0.236 e. The Hall–Kier alpha value is -3.01. The predicted octanol–water partition coefficient (Wildman–Crippen LogP) is 3.13. The van der Waals surface area contributed by atoms with Crippen molar-refractivity contribution in [1.82, 2.24) is 19.8 Å². The molecule has 3 aromatic rings. The van der Waals surface area contributed by atoms with E-state index in [4.69, 9.17) is 10.00 Å². The Labute approximate surface area is 138 Å². The molecule has 7 heteroatoms. The molecule has 6 nitrogen and oxygen atoms in total. The lowest BCUT2D eigenvalue weighted by Gasteiger charge is -2.21. The maximum absolute atomic E-state index is 14.1. The molecule has 0 spiro atoms. The first-order valence-corrected chi connectivity index (χ1v) is 7.43. The first-order chi connectivity index (χ1) is 11.4. The fraction of sp³-hybridized carbons (Fsp3) is 0.294. The fourth-order valence-electron chi connectivity index (χ4n) is 2.37. The third kappa shape index (κ3) is 2.78. The van der Waals surface area contributed by atoms with Gasteiger partial charge in [-0.05, 0) is 23.6 Å². The highest BCUT2D eigenvalue weighted by Crippen LogP contribution is 2.31. The third-order valence-electron chi connectivity index (χ3n) is 3.56. The quantitative estimate of drug-likeness (QED) is 0.739. The lowest BCUT2D eigenvalue weighted by molar-refractivity contribution is 0.334. The molecule has 0 aliphatic heterocycles. The average Bonchev–Trinajstić information content (AvgIpc) is 2.94. The number of rotatable bonds is 3. The summed E-state index contributed by atoms with van der Waals surface area (Å²) in [6, 6.07) is 10.0. The molecule has 0 radical (unpaired) electrons. The predicted molar refractivity (Wildman–Crippen MR) is 86.0 cm³/mol. The van der Waals surface area contributed by atoms with E-state index in [9.17, 15) is 4.39 Å². The van der Waals surface area contributed by atoms with E-state index in [-0.39, 0.29) is 17.8 Å². The molecule has 24 heavy (non-hydrogen) atoms. The number of halogens is 1. The van der Waals surface area contributed by atoms with Gasteiger partial charge in [0.15, 0.2) is 18.1 Å². The number of hydrogen-bond acceptors (Lipinski definition) is 5. The van der Waals surface area contributed by atoms with Crippen molar-refractivity contribution in [3.63, 3.8) is 0 Å². The molecule has 0 N–H and O–H groups in total. The van der Waals surface area contributed by atoms with Gasteiger partial charge in [-0.3, -0.25) is 0 Å². The molecule has 0 aliphatic carbocycles. The van der Waals surface area contributed by atoms with Gasteiger partial charge in [0.05, 0.1) is 5.56 Å². The molecule has 0 bridgehead atoms. The van der Waals surface area contributed by atoms with Crippen molar-refractivity contribution in [1.29, 1.82) is 5.26 Å².